The molecule has 2 amide bonds. The van der Waals surface area contributed by atoms with Crippen LogP contribution in [0.1, 0.15) is 11.1 Å². The van der Waals surface area contributed by atoms with Crippen molar-refractivity contribution < 1.29 is 13.2 Å². The summed E-state index contributed by atoms with van der Waals surface area (Å²) in [5.41, 5.74) is 3.55. The van der Waals surface area contributed by atoms with E-state index in [1.54, 1.807) is 9.80 Å². The highest BCUT2D eigenvalue weighted by Crippen LogP contribution is 2.38. The van der Waals surface area contributed by atoms with Gasteiger partial charge in [-0.15, -0.1) is 0 Å². The van der Waals surface area contributed by atoms with E-state index in [1.165, 1.54) is 0 Å². The molecule has 2 aromatic rings. The molecular formula is C19H20N2O3S. The number of amides is 2. The van der Waals surface area contributed by atoms with Crippen LogP contribution in [-0.2, 0) is 9.84 Å². The van der Waals surface area contributed by atoms with Gasteiger partial charge in [0.2, 0.25) is 0 Å². The Balaban J connectivity index is 1.84. The van der Waals surface area contributed by atoms with Crippen LogP contribution in [0.25, 0.3) is 0 Å². The summed E-state index contributed by atoms with van der Waals surface area (Å²) in [6, 6.07) is 14.4. The van der Waals surface area contributed by atoms with E-state index >= 15 is 0 Å². The van der Waals surface area contributed by atoms with Crippen molar-refractivity contribution in [1.29, 1.82) is 0 Å². The zero-order chi connectivity index (χ0) is 17.8. The van der Waals surface area contributed by atoms with Crippen LogP contribution >= 0.6 is 0 Å². The van der Waals surface area contributed by atoms with Crippen molar-refractivity contribution in [1.82, 2.24) is 0 Å². The number of rotatable bonds is 2. The lowest BCUT2D eigenvalue weighted by Crippen LogP contribution is -2.38. The number of fused-ring (bicyclic) bond motifs is 1. The Morgan fingerprint density at radius 2 is 1.60 bits per heavy atom. The largest absolute Gasteiger partial charge is 0.329 e. The second kappa shape index (κ2) is 5.59. The van der Waals surface area contributed by atoms with Crippen LogP contribution in [0.15, 0.2) is 48.5 Å². The van der Waals surface area contributed by atoms with Crippen molar-refractivity contribution in [2.45, 2.75) is 25.9 Å². The van der Waals surface area contributed by atoms with E-state index < -0.39 is 9.84 Å². The maximum absolute atomic E-state index is 13.3. The monoisotopic (exact) mass is 356 g/mol. The minimum absolute atomic E-state index is 0.0136. The highest BCUT2D eigenvalue weighted by atomic mass is 32.2. The number of sulfone groups is 1. The van der Waals surface area contributed by atoms with E-state index in [2.05, 4.69) is 0 Å². The Labute approximate surface area is 147 Å². The lowest BCUT2D eigenvalue weighted by Gasteiger charge is -2.24. The maximum Gasteiger partial charge on any atom is 0.329 e. The van der Waals surface area contributed by atoms with Crippen LogP contribution in [0.3, 0.4) is 0 Å². The summed E-state index contributed by atoms with van der Waals surface area (Å²) in [5, 5.41) is 0. The van der Waals surface area contributed by atoms with Crippen molar-refractivity contribution in [2.24, 2.45) is 0 Å². The fourth-order valence-electron chi connectivity index (χ4n) is 3.90. The number of carbonyl (C=O) groups is 1. The molecule has 5 nitrogen and oxygen atoms in total. The second-order valence-electron chi connectivity index (χ2n) is 6.86. The topological polar surface area (TPSA) is 57.7 Å². The predicted molar refractivity (Wildman–Crippen MR) is 98.9 cm³/mol. The molecule has 2 atom stereocenters. The van der Waals surface area contributed by atoms with Gasteiger partial charge in [0.05, 0.1) is 23.6 Å². The second-order valence-corrected chi connectivity index (χ2v) is 9.01. The van der Waals surface area contributed by atoms with Gasteiger partial charge in [-0.25, -0.2) is 13.2 Å². The molecule has 0 bridgehead atoms. The van der Waals surface area contributed by atoms with Gasteiger partial charge in [0.25, 0.3) is 0 Å². The molecule has 2 heterocycles. The molecule has 0 unspecified atom stereocenters. The summed E-state index contributed by atoms with van der Waals surface area (Å²) in [6.45, 7) is 3.91. The molecule has 4 rings (SSSR count). The summed E-state index contributed by atoms with van der Waals surface area (Å²) >= 11 is 0. The molecule has 2 aliphatic heterocycles. The minimum Gasteiger partial charge on any atom is -0.288 e. The smallest absolute Gasteiger partial charge is 0.288 e. The number of nitrogens with zero attached hydrogens (tertiary/aromatic N) is 2. The Bertz CT molecular complexity index is 955. The Morgan fingerprint density at radius 1 is 0.920 bits per heavy atom. The molecule has 2 aliphatic rings. The SMILES string of the molecule is Cc1cccc(N2C(=O)N(c3ccccc3C)[C@@H]3CS(=O)(=O)C[C@H]32)c1. The average molecular weight is 356 g/mol. The first-order chi connectivity index (χ1) is 11.9. The van der Waals surface area contributed by atoms with Crippen molar-refractivity contribution in [3.05, 3.63) is 59.7 Å². The molecule has 0 spiro atoms. The van der Waals surface area contributed by atoms with Crippen LogP contribution in [0.5, 0.6) is 0 Å². The Morgan fingerprint density at radius 3 is 2.28 bits per heavy atom. The number of aryl methyl sites for hydroxylation is 2. The molecule has 2 aromatic carbocycles. The third-order valence-electron chi connectivity index (χ3n) is 5.02. The van der Waals surface area contributed by atoms with Gasteiger partial charge in [-0.2, -0.15) is 0 Å². The van der Waals surface area contributed by atoms with Crippen molar-refractivity contribution in [3.8, 4) is 0 Å². The first kappa shape index (κ1) is 16.1. The van der Waals surface area contributed by atoms with E-state index in [0.29, 0.717) is 0 Å². The Kier molecular flexibility index (Phi) is 3.61. The van der Waals surface area contributed by atoms with Crippen LogP contribution in [0, 0.1) is 13.8 Å². The van der Waals surface area contributed by atoms with Crippen molar-refractivity contribution in [3.63, 3.8) is 0 Å². The first-order valence-corrected chi connectivity index (χ1v) is 10.1. The van der Waals surface area contributed by atoms with Gasteiger partial charge in [0.1, 0.15) is 0 Å². The van der Waals surface area contributed by atoms with Gasteiger partial charge in [-0.3, -0.25) is 9.80 Å². The van der Waals surface area contributed by atoms with E-state index in [9.17, 15) is 13.2 Å². The zero-order valence-electron chi connectivity index (χ0n) is 14.2. The van der Waals surface area contributed by atoms with Gasteiger partial charge < -0.3 is 0 Å². The highest BCUT2D eigenvalue weighted by molar-refractivity contribution is 7.91. The maximum atomic E-state index is 13.3. The summed E-state index contributed by atoms with van der Waals surface area (Å²) in [6.07, 6.45) is 0. The number of para-hydroxylation sites is 1. The molecule has 0 aromatic heterocycles. The van der Waals surface area contributed by atoms with E-state index in [4.69, 9.17) is 0 Å². The van der Waals surface area contributed by atoms with Crippen LogP contribution in [0.4, 0.5) is 16.2 Å². The molecular weight excluding hydrogens is 336 g/mol. The molecule has 2 fully saturated rings. The van der Waals surface area contributed by atoms with Gasteiger partial charge in [0, 0.05) is 11.4 Å². The van der Waals surface area contributed by atoms with Gasteiger partial charge in [-0.05, 0) is 43.2 Å². The van der Waals surface area contributed by atoms with E-state index in [1.807, 2.05) is 62.4 Å². The van der Waals surface area contributed by atoms with Crippen LogP contribution in [-0.4, -0.2) is 38.0 Å². The summed E-state index contributed by atoms with van der Waals surface area (Å²) in [5.74, 6) is 0.0276. The first-order valence-electron chi connectivity index (χ1n) is 8.32. The van der Waals surface area contributed by atoms with E-state index in [0.717, 1.165) is 22.5 Å². The van der Waals surface area contributed by atoms with Crippen molar-refractivity contribution >= 4 is 27.2 Å². The number of urea groups is 1. The fourth-order valence-corrected chi connectivity index (χ4v) is 5.82. The summed E-state index contributed by atoms with van der Waals surface area (Å²) in [7, 11) is -3.17. The van der Waals surface area contributed by atoms with Gasteiger partial charge >= 0.3 is 6.03 Å². The molecule has 0 saturated carbocycles. The number of benzene rings is 2. The highest BCUT2D eigenvalue weighted by Gasteiger charge is 2.54. The molecule has 2 saturated heterocycles. The molecule has 6 heteroatoms. The fraction of sp³-hybridized carbons (Fsp3) is 0.316. The van der Waals surface area contributed by atoms with Gasteiger partial charge in [0.15, 0.2) is 9.84 Å². The third-order valence-corrected chi connectivity index (χ3v) is 6.72. The number of hydrogen-bond donors (Lipinski definition) is 0. The summed E-state index contributed by atoms with van der Waals surface area (Å²) in [4.78, 5) is 16.6. The molecule has 0 aliphatic carbocycles. The quantitative estimate of drug-likeness (QED) is 0.778. The molecule has 25 heavy (non-hydrogen) atoms. The lowest BCUT2D eigenvalue weighted by molar-refractivity contribution is 0.255. The Hall–Kier alpha value is -2.34. The normalized spacial score (nSPS) is 24.6. The average Bonchev–Trinajstić information content (AvgIpc) is 2.97. The standard InChI is InChI=1S/C19H20N2O3S/c1-13-6-5-8-15(10-13)20-17-11-25(23,24)12-18(17)21(19(20)22)16-9-4-3-7-14(16)2/h3-10,17-18H,11-12H2,1-2H3/t17-,18-/m1/s1. The van der Waals surface area contributed by atoms with Crippen molar-refractivity contribution in [2.75, 3.05) is 21.3 Å². The number of carbonyl (C=O) groups excluding carboxylic acids is 1. The predicted octanol–water partition coefficient (Wildman–Crippen LogP) is 2.92. The number of hydrogen-bond acceptors (Lipinski definition) is 3. The zero-order valence-corrected chi connectivity index (χ0v) is 15.0. The van der Waals surface area contributed by atoms with Crippen LogP contribution in [0.2, 0.25) is 0 Å². The van der Waals surface area contributed by atoms with Gasteiger partial charge in [-0.1, -0.05) is 30.3 Å². The van der Waals surface area contributed by atoms with Crippen LogP contribution < -0.4 is 9.80 Å². The summed E-state index contributed by atoms with van der Waals surface area (Å²) < 4.78 is 24.6. The van der Waals surface area contributed by atoms with E-state index in [-0.39, 0.29) is 29.6 Å². The number of anilines is 2. The minimum atomic E-state index is -3.17. The molecule has 0 N–H and O–H groups in total. The molecule has 0 radical (unpaired) electrons. The lowest BCUT2D eigenvalue weighted by atomic mass is 10.1. The third kappa shape index (κ3) is 2.61. The molecule has 130 valence electrons.